The fraction of sp³-hybridized carbons (Fsp3) is 0.250. The topological polar surface area (TPSA) is 37.4 Å². The van der Waals surface area contributed by atoms with E-state index in [0.717, 1.165) is 22.0 Å². The maximum absolute atomic E-state index is 13.2. The Hall–Kier alpha value is -1.79. The molecule has 0 aliphatic carbocycles. The highest BCUT2D eigenvalue weighted by Gasteiger charge is 2.23. The number of halogens is 2. The van der Waals surface area contributed by atoms with Crippen molar-refractivity contribution in [3.63, 3.8) is 0 Å². The van der Waals surface area contributed by atoms with Gasteiger partial charge in [-0.1, -0.05) is 18.2 Å². The van der Waals surface area contributed by atoms with Crippen LogP contribution in [-0.4, -0.2) is 19.8 Å². The second-order valence-corrected chi connectivity index (χ2v) is 7.29. The van der Waals surface area contributed by atoms with Crippen LogP contribution in [0.15, 0.2) is 41.3 Å². The first-order chi connectivity index (χ1) is 10.2. The lowest BCUT2D eigenvalue weighted by molar-refractivity contribution is 0.461. The van der Waals surface area contributed by atoms with Gasteiger partial charge in [0.1, 0.15) is 0 Å². The third-order valence-corrected chi connectivity index (χ3v) is 5.37. The van der Waals surface area contributed by atoms with E-state index in [2.05, 4.69) is 0 Å². The molecule has 22 heavy (non-hydrogen) atoms. The average molecular weight is 325 g/mol. The molecule has 2 rings (SSSR count). The summed E-state index contributed by atoms with van der Waals surface area (Å²) in [6, 6.07) is 8.55. The second-order valence-electron chi connectivity index (χ2n) is 5.28. The standard InChI is InChI=1S/C16H17F2NO2S/c1-11-4-5-12(2)16(8-11)22(20,21)19(3)10-13-6-7-14(17)15(18)9-13/h4-9H,10H2,1-3H3. The van der Waals surface area contributed by atoms with Gasteiger partial charge in [-0.05, 0) is 48.7 Å². The third kappa shape index (κ3) is 3.34. The van der Waals surface area contributed by atoms with Gasteiger partial charge in [-0.15, -0.1) is 0 Å². The largest absolute Gasteiger partial charge is 0.243 e. The Bertz CT molecular complexity index is 804. The maximum Gasteiger partial charge on any atom is 0.243 e. The predicted octanol–water partition coefficient (Wildman–Crippen LogP) is 3.40. The summed E-state index contributed by atoms with van der Waals surface area (Å²) in [5.41, 5.74) is 1.86. The van der Waals surface area contributed by atoms with Crippen LogP contribution >= 0.6 is 0 Å². The Labute approximate surface area is 129 Å². The first-order valence-corrected chi connectivity index (χ1v) is 8.13. The Morgan fingerprint density at radius 2 is 1.68 bits per heavy atom. The summed E-state index contributed by atoms with van der Waals surface area (Å²) in [4.78, 5) is 0.220. The number of benzene rings is 2. The SMILES string of the molecule is Cc1ccc(C)c(S(=O)(=O)N(C)Cc2ccc(F)c(F)c2)c1. The molecule has 6 heteroatoms. The summed E-state index contributed by atoms with van der Waals surface area (Å²) >= 11 is 0. The van der Waals surface area contributed by atoms with Crippen LogP contribution in [0, 0.1) is 25.5 Å². The minimum Gasteiger partial charge on any atom is -0.207 e. The first-order valence-electron chi connectivity index (χ1n) is 6.69. The fourth-order valence-electron chi connectivity index (χ4n) is 2.13. The van der Waals surface area contributed by atoms with Gasteiger partial charge in [-0.25, -0.2) is 17.2 Å². The van der Waals surface area contributed by atoms with Crippen LogP contribution in [0.4, 0.5) is 8.78 Å². The molecule has 0 saturated heterocycles. The van der Waals surface area contributed by atoms with Gasteiger partial charge < -0.3 is 0 Å². The molecule has 0 N–H and O–H groups in total. The van der Waals surface area contributed by atoms with Crippen LogP contribution in [-0.2, 0) is 16.6 Å². The molecule has 3 nitrogen and oxygen atoms in total. The predicted molar refractivity (Wildman–Crippen MR) is 80.9 cm³/mol. The van der Waals surface area contributed by atoms with Gasteiger partial charge in [0.25, 0.3) is 0 Å². The minimum atomic E-state index is -3.70. The lowest BCUT2D eigenvalue weighted by Crippen LogP contribution is -2.27. The van der Waals surface area contributed by atoms with Crippen molar-refractivity contribution < 1.29 is 17.2 Å². The molecule has 2 aromatic carbocycles. The van der Waals surface area contributed by atoms with E-state index in [1.807, 2.05) is 13.0 Å². The molecule has 2 aromatic rings. The smallest absolute Gasteiger partial charge is 0.207 e. The number of hydrogen-bond donors (Lipinski definition) is 0. The number of rotatable bonds is 4. The van der Waals surface area contributed by atoms with Crippen molar-refractivity contribution in [1.29, 1.82) is 0 Å². The van der Waals surface area contributed by atoms with E-state index >= 15 is 0 Å². The van der Waals surface area contributed by atoms with Crippen molar-refractivity contribution in [3.8, 4) is 0 Å². The monoisotopic (exact) mass is 325 g/mol. The van der Waals surface area contributed by atoms with Crippen LogP contribution in [0.25, 0.3) is 0 Å². The van der Waals surface area contributed by atoms with E-state index in [1.165, 1.54) is 13.1 Å². The number of hydrogen-bond acceptors (Lipinski definition) is 2. The van der Waals surface area contributed by atoms with Gasteiger partial charge in [0, 0.05) is 13.6 Å². The van der Waals surface area contributed by atoms with Gasteiger partial charge in [0.2, 0.25) is 10.0 Å². The molecule has 0 aliphatic heterocycles. The molecular formula is C16H17F2NO2S. The van der Waals surface area contributed by atoms with Gasteiger partial charge in [0.05, 0.1) is 4.90 Å². The number of aryl methyl sites for hydroxylation is 2. The lowest BCUT2D eigenvalue weighted by atomic mass is 10.2. The summed E-state index contributed by atoms with van der Waals surface area (Å²) in [5, 5.41) is 0. The van der Waals surface area contributed by atoms with E-state index in [1.54, 1.807) is 19.1 Å². The Kier molecular flexibility index (Phi) is 4.63. The van der Waals surface area contributed by atoms with Crippen molar-refractivity contribution in [1.82, 2.24) is 4.31 Å². The molecule has 118 valence electrons. The molecule has 0 fully saturated rings. The second kappa shape index (κ2) is 6.14. The van der Waals surface area contributed by atoms with Crippen LogP contribution in [0.2, 0.25) is 0 Å². The minimum absolute atomic E-state index is 0.0348. The van der Waals surface area contributed by atoms with E-state index in [0.29, 0.717) is 11.1 Å². The van der Waals surface area contributed by atoms with Gasteiger partial charge in [-0.2, -0.15) is 4.31 Å². The van der Waals surface area contributed by atoms with E-state index in [-0.39, 0.29) is 11.4 Å². The Morgan fingerprint density at radius 3 is 2.32 bits per heavy atom. The van der Waals surface area contributed by atoms with Crippen molar-refractivity contribution in [3.05, 3.63) is 64.7 Å². The van der Waals surface area contributed by atoms with E-state index in [4.69, 9.17) is 0 Å². The quantitative estimate of drug-likeness (QED) is 0.864. The Balaban J connectivity index is 2.32. The Morgan fingerprint density at radius 1 is 1.00 bits per heavy atom. The fourth-order valence-corrected chi connectivity index (χ4v) is 3.60. The number of sulfonamides is 1. The zero-order valence-corrected chi connectivity index (χ0v) is 13.4. The molecular weight excluding hydrogens is 308 g/mol. The average Bonchev–Trinajstić information content (AvgIpc) is 2.45. The summed E-state index contributed by atoms with van der Waals surface area (Å²) in [6.45, 7) is 3.50. The zero-order chi connectivity index (χ0) is 16.5. The van der Waals surface area contributed by atoms with Crippen molar-refractivity contribution >= 4 is 10.0 Å². The molecule has 0 unspecified atom stereocenters. The third-order valence-electron chi connectivity index (χ3n) is 3.42. The van der Waals surface area contributed by atoms with Crippen molar-refractivity contribution in [2.75, 3.05) is 7.05 Å². The summed E-state index contributed by atoms with van der Waals surface area (Å²) < 4.78 is 52.5. The highest BCUT2D eigenvalue weighted by molar-refractivity contribution is 7.89. The summed E-state index contributed by atoms with van der Waals surface area (Å²) in [6.07, 6.45) is 0. The van der Waals surface area contributed by atoms with Crippen LogP contribution < -0.4 is 0 Å². The molecule has 0 aliphatic rings. The lowest BCUT2D eigenvalue weighted by Gasteiger charge is -2.19. The highest BCUT2D eigenvalue weighted by Crippen LogP contribution is 2.22. The van der Waals surface area contributed by atoms with E-state index < -0.39 is 21.7 Å². The van der Waals surface area contributed by atoms with Gasteiger partial charge in [0.15, 0.2) is 11.6 Å². The number of nitrogens with zero attached hydrogens (tertiary/aromatic N) is 1. The zero-order valence-electron chi connectivity index (χ0n) is 12.6. The summed E-state index contributed by atoms with van der Waals surface area (Å²) in [7, 11) is -2.28. The van der Waals surface area contributed by atoms with Crippen molar-refractivity contribution in [2.45, 2.75) is 25.3 Å². The van der Waals surface area contributed by atoms with Crippen molar-refractivity contribution in [2.24, 2.45) is 0 Å². The van der Waals surface area contributed by atoms with E-state index in [9.17, 15) is 17.2 Å². The van der Waals surface area contributed by atoms with Crippen LogP contribution in [0.3, 0.4) is 0 Å². The maximum atomic E-state index is 13.2. The van der Waals surface area contributed by atoms with Gasteiger partial charge >= 0.3 is 0 Å². The highest BCUT2D eigenvalue weighted by atomic mass is 32.2. The molecule has 0 heterocycles. The molecule has 0 aromatic heterocycles. The molecule has 0 radical (unpaired) electrons. The molecule has 0 atom stereocenters. The first kappa shape index (κ1) is 16.6. The molecule has 0 amide bonds. The summed E-state index contributed by atoms with van der Waals surface area (Å²) in [5.74, 6) is -1.95. The van der Waals surface area contributed by atoms with Crippen LogP contribution in [0.1, 0.15) is 16.7 Å². The molecule has 0 bridgehead atoms. The van der Waals surface area contributed by atoms with Gasteiger partial charge in [-0.3, -0.25) is 0 Å². The molecule has 0 saturated carbocycles. The normalized spacial score (nSPS) is 11.9. The molecule has 0 spiro atoms. The van der Waals surface area contributed by atoms with Crippen LogP contribution in [0.5, 0.6) is 0 Å².